The Kier molecular flexibility index (Phi) is 5.97. The lowest BCUT2D eigenvalue weighted by molar-refractivity contribution is -0.139. The summed E-state index contributed by atoms with van der Waals surface area (Å²) < 4.78 is 4.57. The number of benzene rings is 1. The van der Waals surface area contributed by atoms with Gasteiger partial charge in [0.25, 0.3) is 5.24 Å². The Bertz CT molecular complexity index is 506. The van der Waals surface area contributed by atoms with Crippen LogP contribution in [0.4, 0.5) is 4.79 Å². The largest absolute Gasteiger partial charge is 0.469 e. The summed E-state index contributed by atoms with van der Waals surface area (Å²) in [4.78, 5) is 24.8. The molecule has 0 bridgehead atoms. The van der Waals surface area contributed by atoms with Crippen LogP contribution in [-0.2, 0) is 16.0 Å². The van der Waals surface area contributed by atoms with Crippen molar-refractivity contribution in [3.8, 4) is 0 Å². The molecule has 1 aromatic rings. The van der Waals surface area contributed by atoms with Crippen LogP contribution in [0.5, 0.6) is 0 Å². The molecule has 19 heavy (non-hydrogen) atoms. The zero-order valence-corrected chi connectivity index (χ0v) is 13.0. The van der Waals surface area contributed by atoms with E-state index in [1.54, 1.807) is 26.2 Å². The standard InChI is InChI=1S/C12H13Cl2NO3S/c1-15(2)12(17)19-8-5-4-7(6-9(16)18-3)10(13)11(8)14/h4-5H,6H2,1-3H3. The van der Waals surface area contributed by atoms with E-state index in [0.717, 1.165) is 11.8 Å². The highest BCUT2D eigenvalue weighted by atomic mass is 35.5. The maximum atomic E-state index is 11.6. The molecule has 0 fully saturated rings. The van der Waals surface area contributed by atoms with Gasteiger partial charge in [0.15, 0.2) is 0 Å². The Balaban J connectivity index is 2.97. The van der Waals surface area contributed by atoms with E-state index in [-0.39, 0.29) is 21.7 Å². The minimum atomic E-state index is -0.400. The molecule has 4 nitrogen and oxygen atoms in total. The molecule has 1 aromatic carbocycles. The molecule has 7 heteroatoms. The second-order valence-electron chi connectivity index (χ2n) is 3.87. The van der Waals surface area contributed by atoms with Crippen molar-refractivity contribution in [2.45, 2.75) is 11.3 Å². The Morgan fingerprint density at radius 1 is 1.26 bits per heavy atom. The summed E-state index contributed by atoms with van der Waals surface area (Å²) in [6, 6.07) is 3.33. The van der Waals surface area contributed by atoms with Gasteiger partial charge in [-0.05, 0) is 23.4 Å². The van der Waals surface area contributed by atoms with Gasteiger partial charge in [0, 0.05) is 19.0 Å². The first-order chi connectivity index (χ1) is 8.86. The van der Waals surface area contributed by atoms with Gasteiger partial charge >= 0.3 is 5.97 Å². The van der Waals surface area contributed by atoms with E-state index in [1.807, 2.05) is 0 Å². The fourth-order valence-corrected chi connectivity index (χ4v) is 2.49. The number of halogens is 2. The molecule has 0 aromatic heterocycles. The highest BCUT2D eigenvalue weighted by Crippen LogP contribution is 2.36. The van der Waals surface area contributed by atoms with Crippen LogP contribution in [0.1, 0.15) is 5.56 Å². The number of carbonyl (C=O) groups is 2. The van der Waals surface area contributed by atoms with Crippen molar-refractivity contribution in [3.63, 3.8) is 0 Å². The predicted octanol–water partition coefficient (Wildman–Crippen LogP) is 3.48. The molecular formula is C12H13Cl2NO3S. The van der Waals surface area contributed by atoms with E-state index >= 15 is 0 Å². The van der Waals surface area contributed by atoms with Gasteiger partial charge in [-0.2, -0.15) is 0 Å². The number of methoxy groups -OCH3 is 1. The second-order valence-corrected chi connectivity index (χ2v) is 5.62. The number of hydrogen-bond acceptors (Lipinski definition) is 4. The lowest BCUT2D eigenvalue weighted by Crippen LogP contribution is -2.16. The highest BCUT2D eigenvalue weighted by Gasteiger charge is 2.16. The number of amides is 1. The summed E-state index contributed by atoms with van der Waals surface area (Å²) in [6.45, 7) is 0. The molecule has 0 unspecified atom stereocenters. The van der Waals surface area contributed by atoms with Crippen molar-refractivity contribution in [3.05, 3.63) is 27.7 Å². The summed E-state index contributed by atoms with van der Waals surface area (Å²) in [6.07, 6.45) is 0.0433. The number of thioether (sulfide) groups is 1. The van der Waals surface area contributed by atoms with Crippen LogP contribution in [0.25, 0.3) is 0 Å². The second kappa shape index (κ2) is 7.03. The van der Waals surface area contributed by atoms with Gasteiger partial charge < -0.3 is 9.64 Å². The maximum absolute atomic E-state index is 11.6. The van der Waals surface area contributed by atoms with Gasteiger partial charge in [0.2, 0.25) is 0 Å². The molecule has 0 aliphatic heterocycles. The number of rotatable bonds is 3. The minimum Gasteiger partial charge on any atom is -0.469 e. The van der Waals surface area contributed by atoms with Crippen LogP contribution in [-0.4, -0.2) is 37.3 Å². The van der Waals surface area contributed by atoms with Crippen molar-refractivity contribution in [1.82, 2.24) is 4.90 Å². The Hall–Kier alpha value is -0.910. The molecular weight excluding hydrogens is 309 g/mol. The van der Waals surface area contributed by atoms with Crippen LogP contribution < -0.4 is 0 Å². The summed E-state index contributed by atoms with van der Waals surface area (Å²) in [5.41, 5.74) is 0.570. The normalized spacial score (nSPS) is 10.2. The lowest BCUT2D eigenvalue weighted by Gasteiger charge is -2.12. The molecule has 0 atom stereocenters. The monoisotopic (exact) mass is 321 g/mol. The SMILES string of the molecule is COC(=O)Cc1ccc(SC(=O)N(C)C)c(Cl)c1Cl. The third-order valence-corrected chi connectivity index (χ3v) is 4.38. The molecule has 0 aliphatic rings. The molecule has 0 aliphatic carbocycles. The quantitative estimate of drug-likeness (QED) is 0.631. The van der Waals surface area contributed by atoms with E-state index < -0.39 is 5.97 Å². The van der Waals surface area contributed by atoms with Crippen LogP contribution in [0.15, 0.2) is 17.0 Å². The van der Waals surface area contributed by atoms with E-state index in [0.29, 0.717) is 10.5 Å². The average Bonchev–Trinajstić information content (AvgIpc) is 2.37. The third-order valence-electron chi connectivity index (χ3n) is 2.25. The van der Waals surface area contributed by atoms with Crippen molar-refractivity contribution in [2.24, 2.45) is 0 Å². The van der Waals surface area contributed by atoms with Crippen molar-refractivity contribution in [1.29, 1.82) is 0 Å². The van der Waals surface area contributed by atoms with Gasteiger partial charge in [-0.1, -0.05) is 29.3 Å². The van der Waals surface area contributed by atoms with E-state index in [4.69, 9.17) is 23.2 Å². The number of esters is 1. The van der Waals surface area contributed by atoms with Crippen LogP contribution in [0, 0.1) is 0 Å². The Morgan fingerprint density at radius 3 is 2.42 bits per heavy atom. The first-order valence-corrected chi connectivity index (χ1v) is 6.87. The number of hydrogen-bond donors (Lipinski definition) is 0. The third kappa shape index (κ3) is 4.30. The van der Waals surface area contributed by atoms with Crippen molar-refractivity contribution < 1.29 is 14.3 Å². The van der Waals surface area contributed by atoms with Gasteiger partial charge in [-0.3, -0.25) is 9.59 Å². The van der Waals surface area contributed by atoms with Gasteiger partial charge in [-0.15, -0.1) is 0 Å². The maximum Gasteiger partial charge on any atom is 0.310 e. The zero-order valence-electron chi connectivity index (χ0n) is 10.7. The fourth-order valence-electron chi connectivity index (χ4n) is 1.20. The van der Waals surface area contributed by atoms with E-state index in [2.05, 4.69) is 4.74 Å². The van der Waals surface area contributed by atoms with Crippen LogP contribution >= 0.6 is 35.0 Å². The summed E-state index contributed by atoms with van der Waals surface area (Å²) in [5.74, 6) is -0.400. The van der Waals surface area contributed by atoms with Crippen LogP contribution in [0.3, 0.4) is 0 Å². The highest BCUT2D eigenvalue weighted by molar-refractivity contribution is 8.13. The summed E-state index contributed by atoms with van der Waals surface area (Å²) in [7, 11) is 4.60. The fraction of sp³-hybridized carbons (Fsp3) is 0.333. The minimum absolute atomic E-state index is 0.0433. The van der Waals surface area contributed by atoms with E-state index in [1.165, 1.54) is 12.0 Å². The Morgan fingerprint density at radius 2 is 1.89 bits per heavy atom. The predicted molar refractivity (Wildman–Crippen MR) is 77.1 cm³/mol. The van der Waals surface area contributed by atoms with Crippen molar-refractivity contribution >= 4 is 46.2 Å². The molecule has 1 rings (SSSR count). The van der Waals surface area contributed by atoms with Gasteiger partial charge in [0.1, 0.15) is 0 Å². The molecule has 0 heterocycles. The smallest absolute Gasteiger partial charge is 0.310 e. The molecule has 0 saturated carbocycles. The zero-order chi connectivity index (χ0) is 14.6. The molecule has 0 radical (unpaired) electrons. The number of nitrogens with zero attached hydrogens (tertiary/aromatic N) is 1. The Labute approximate surface area is 126 Å². The van der Waals surface area contributed by atoms with Crippen LogP contribution in [0.2, 0.25) is 10.0 Å². The van der Waals surface area contributed by atoms with Gasteiger partial charge in [-0.25, -0.2) is 0 Å². The first-order valence-electron chi connectivity index (χ1n) is 5.29. The molecule has 104 valence electrons. The average molecular weight is 322 g/mol. The topological polar surface area (TPSA) is 46.6 Å². The number of carbonyl (C=O) groups excluding carboxylic acids is 2. The lowest BCUT2D eigenvalue weighted by atomic mass is 10.1. The van der Waals surface area contributed by atoms with Crippen molar-refractivity contribution in [2.75, 3.05) is 21.2 Å². The molecule has 0 N–H and O–H groups in total. The molecule has 1 amide bonds. The summed E-state index contributed by atoms with van der Waals surface area (Å²) in [5, 5.41) is 0.380. The van der Waals surface area contributed by atoms with E-state index in [9.17, 15) is 9.59 Å². The molecule has 0 saturated heterocycles. The first kappa shape index (κ1) is 16.1. The molecule has 0 spiro atoms. The summed E-state index contributed by atoms with van der Waals surface area (Å²) >= 11 is 13.2. The van der Waals surface area contributed by atoms with Gasteiger partial charge in [0.05, 0.1) is 23.6 Å². The number of ether oxygens (including phenoxy) is 1.